The summed E-state index contributed by atoms with van der Waals surface area (Å²) in [7, 11) is 0. The van der Waals surface area contributed by atoms with E-state index in [0.29, 0.717) is 0 Å². The third-order valence-electron chi connectivity index (χ3n) is 2.97. The molecule has 1 aliphatic rings. The zero-order valence-electron chi connectivity index (χ0n) is 15.8. The Morgan fingerprint density at radius 2 is 1.00 bits per heavy atom. The van der Waals surface area contributed by atoms with Gasteiger partial charge in [-0.3, -0.25) is 9.59 Å². The molecule has 2 aromatic heterocycles. The highest BCUT2D eigenvalue weighted by Crippen LogP contribution is 2.26. The number of aliphatic hydroxyl groups excluding tert-OH is 2. The maximum Gasteiger partial charge on any atom is 0.244 e. The summed E-state index contributed by atoms with van der Waals surface area (Å²) in [6, 6.07) is 12.0. The Hall–Kier alpha value is -2.20. The van der Waals surface area contributed by atoms with E-state index in [9.17, 15) is 9.59 Å². The molecule has 0 saturated heterocycles. The molecule has 8 nitrogen and oxygen atoms in total. The van der Waals surface area contributed by atoms with E-state index in [-0.39, 0.29) is 35.8 Å². The molecule has 0 aromatic carbocycles. The molecular weight excluding hydrogens is 482 g/mol. The first-order valence-electron chi connectivity index (χ1n) is 7.39. The number of halogens is 4. The van der Waals surface area contributed by atoms with E-state index >= 15 is 0 Å². The van der Waals surface area contributed by atoms with Crippen LogP contribution < -0.4 is 34.8 Å². The predicted molar refractivity (Wildman–Crippen MR) is 104 cm³/mol. The van der Waals surface area contributed by atoms with Crippen molar-refractivity contribution in [1.82, 2.24) is 0 Å². The third-order valence-corrected chi connectivity index (χ3v) is 3.68. The number of pyridine rings is 2. The highest BCUT2D eigenvalue weighted by Gasteiger charge is 2.32. The van der Waals surface area contributed by atoms with Gasteiger partial charge in [-0.15, -0.1) is 0 Å². The van der Waals surface area contributed by atoms with E-state index in [1.165, 1.54) is 11.4 Å². The zero-order valence-corrected chi connectivity index (χ0v) is 18.9. The average molecular weight is 504 g/mol. The lowest BCUT2D eigenvalue weighted by molar-refractivity contribution is -0.387. The predicted octanol–water partition coefficient (Wildman–Crippen LogP) is -4.87. The lowest BCUT2D eigenvalue weighted by Gasteiger charge is -2.08. The molecule has 30 heavy (non-hydrogen) atoms. The number of aromatic amines is 2. The Morgan fingerprint density at radius 1 is 0.700 bits per heavy atom. The van der Waals surface area contributed by atoms with E-state index in [0.717, 1.165) is 0 Å². The van der Waals surface area contributed by atoms with Gasteiger partial charge in [-0.1, -0.05) is 35.3 Å². The monoisotopic (exact) mass is 502 g/mol. The number of Topliss-reactive ketones (excluding diaryl/α,β-unsaturated/α-hetero) is 2. The number of allylic oxidation sites excluding steroid dienone is 2. The smallest absolute Gasteiger partial charge is 0.244 e. The Morgan fingerprint density at radius 3 is 1.17 bits per heavy atom. The van der Waals surface area contributed by atoms with Crippen molar-refractivity contribution < 1.29 is 65.5 Å². The van der Waals surface area contributed by atoms with Crippen molar-refractivity contribution in [2.75, 3.05) is 0 Å². The second kappa shape index (κ2) is 17.6. The van der Waals surface area contributed by atoms with Crippen molar-refractivity contribution >= 4 is 34.8 Å². The fourth-order valence-corrected chi connectivity index (χ4v) is 1.94. The summed E-state index contributed by atoms with van der Waals surface area (Å²) in [6.45, 7) is 4.06. The number of carbonyl (C=O) groups is 2. The molecule has 0 amide bonds. The second-order valence-electron chi connectivity index (χ2n) is 5.07. The van der Waals surface area contributed by atoms with Crippen LogP contribution in [-0.2, 0) is 9.59 Å². The first-order valence-corrected chi connectivity index (χ1v) is 8.14. The summed E-state index contributed by atoms with van der Waals surface area (Å²) in [5, 5.41) is 16.3. The average Bonchev–Trinajstić information content (AvgIpc) is 2.65. The number of nitrogens with one attached hydrogen (secondary N) is 2. The lowest BCUT2D eigenvalue weighted by atomic mass is 10.1. The topological polar surface area (TPSA) is 166 Å². The molecule has 12 heteroatoms. The highest BCUT2D eigenvalue weighted by atomic mass is 35.5. The molecule has 0 saturated carbocycles. The number of hydrogen-bond donors (Lipinski definition) is 2. The molecule has 1 aliphatic carbocycles. The van der Waals surface area contributed by atoms with Crippen molar-refractivity contribution in [1.29, 1.82) is 0 Å². The van der Waals surface area contributed by atoms with Crippen LogP contribution in [0, 0.1) is 13.8 Å². The molecule has 0 spiro atoms. The van der Waals surface area contributed by atoms with Crippen LogP contribution in [0.15, 0.2) is 70.4 Å². The first-order chi connectivity index (χ1) is 12.3. The van der Waals surface area contributed by atoms with E-state index in [4.69, 9.17) is 33.4 Å². The first kappa shape index (κ1) is 35.3. The van der Waals surface area contributed by atoms with Crippen molar-refractivity contribution in [2.24, 2.45) is 0 Å². The van der Waals surface area contributed by atoms with Gasteiger partial charge in [0.15, 0.2) is 35.3 Å². The van der Waals surface area contributed by atoms with Crippen LogP contribution in [-0.4, -0.2) is 32.7 Å². The molecule has 3 rings (SSSR count). The van der Waals surface area contributed by atoms with Crippen molar-refractivity contribution in [3.05, 3.63) is 81.8 Å². The number of hydrogen-bond acceptors (Lipinski definition) is 4. The Kier molecular flexibility index (Phi) is 20.7. The SMILES string of the molecule is Cc1cccc[nH+]1.Cc1cccc[nH+]1.O.O.O=C1C(O)=C(Cl)C(=O)C(O)=C1Cl.[Cl-].[Cl-]. The van der Waals surface area contributed by atoms with Gasteiger partial charge < -0.3 is 46.0 Å². The van der Waals surface area contributed by atoms with Crippen LogP contribution in [0.4, 0.5) is 0 Å². The van der Waals surface area contributed by atoms with Gasteiger partial charge in [-0.05, 0) is 0 Å². The zero-order chi connectivity index (χ0) is 19.7. The van der Waals surface area contributed by atoms with Crippen molar-refractivity contribution in [3.8, 4) is 0 Å². The van der Waals surface area contributed by atoms with Crippen LogP contribution in [0.5, 0.6) is 0 Å². The maximum absolute atomic E-state index is 10.8. The van der Waals surface area contributed by atoms with Crippen LogP contribution in [0.2, 0.25) is 0 Å². The minimum Gasteiger partial charge on any atom is -1.00 e. The number of carbonyl (C=O) groups excluding carboxylic acids is 2. The maximum atomic E-state index is 10.8. The normalized spacial score (nSPS) is 11.7. The van der Waals surface area contributed by atoms with Gasteiger partial charge in [0.1, 0.15) is 10.1 Å². The third kappa shape index (κ3) is 11.1. The molecular formula is C18H22Cl4N2O6. The molecule has 2 heterocycles. The number of aryl methyl sites for hydroxylation is 2. The van der Waals surface area contributed by atoms with Crippen molar-refractivity contribution in [2.45, 2.75) is 13.8 Å². The van der Waals surface area contributed by atoms with E-state index in [1.807, 2.05) is 62.6 Å². The van der Waals surface area contributed by atoms with Gasteiger partial charge in [0.25, 0.3) is 0 Å². The number of rotatable bonds is 0. The molecule has 0 atom stereocenters. The number of aliphatic hydroxyl groups is 2. The van der Waals surface area contributed by atoms with Gasteiger partial charge in [-0.25, -0.2) is 9.97 Å². The summed E-state index contributed by atoms with van der Waals surface area (Å²) < 4.78 is 0. The fourth-order valence-electron chi connectivity index (χ4n) is 1.59. The summed E-state index contributed by atoms with van der Waals surface area (Å²) in [5.41, 5.74) is 2.39. The summed E-state index contributed by atoms with van der Waals surface area (Å²) in [4.78, 5) is 27.7. The largest absolute Gasteiger partial charge is 1.00 e. The van der Waals surface area contributed by atoms with Crippen LogP contribution in [0.3, 0.4) is 0 Å². The minimum atomic E-state index is -1.06. The number of ketones is 2. The molecule has 0 bridgehead atoms. The van der Waals surface area contributed by atoms with Gasteiger partial charge in [-0.2, -0.15) is 0 Å². The number of H-pyrrole nitrogens is 2. The summed E-state index contributed by atoms with van der Waals surface area (Å²) >= 11 is 10.4. The van der Waals surface area contributed by atoms with Crippen LogP contribution in [0.1, 0.15) is 11.4 Å². The van der Waals surface area contributed by atoms with Gasteiger partial charge >= 0.3 is 0 Å². The van der Waals surface area contributed by atoms with E-state index < -0.39 is 33.1 Å². The van der Waals surface area contributed by atoms with Crippen LogP contribution >= 0.6 is 23.2 Å². The fraction of sp³-hybridized carbons (Fsp3) is 0.111. The molecule has 0 radical (unpaired) electrons. The Bertz CT molecular complexity index is 747. The molecule has 2 aromatic rings. The quantitative estimate of drug-likeness (QED) is 0.344. The molecule has 168 valence electrons. The summed E-state index contributed by atoms with van der Waals surface area (Å²) in [5.74, 6) is -3.99. The van der Waals surface area contributed by atoms with E-state index in [2.05, 4.69) is 9.97 Å². The molecule has 8 N–H and O–H groups in total. The van der Waals surface area contributed by atoms with Crippen molar-refractivity contribution in [3.63, 3.8) is 0 Å². The highest BCUT2D eigenvalue weighted by molar-refractivity contribution is 6.55. The molecule has 0 aliphatic heterocycles. The second-order valence-corrected chi connectivity index (χ2v) is 5.83. The Balaban J connectivity index is -0.000000166. The molecule has 0 fully saturated rings. The van der Waals surface area contributed by atoms with E-state index in [1.54, 1.807) is 0 Å². The van der Waals surface area contributed by atoms with Crippen LogP contribution in [0.25, 0.3) is 0 Å². The minimum absolute atomic E-state index is 0. The standard InChI is InChI=1S/C6H2Cl2O4.2C6H7N.2ClH.2H2O/c7-1-3(9)5(11)2(8)6(12)4(1)10;2*1-6-4-2-3-5-7-6;;;;/h9,12H;2*2-5H,1H3;2*1H;2*1H2. The number of aromatic nitrogens is 2. The van der Waals surface area contributed by atoms with Gasteiger partial charge in [0.2, 0.25) is 11.6 Å². The molecule has 0 unspecified atom stereocenters. The Labute approximate surface area is 195 Å². The van der Waals surface area contributed by atoms with Gasteiger partial charge in [0.05, 0.1) is 0 Å². The lowest BCUT2D eigenvalue weighted by Crippen LogP contribution is -3.00. The summed E-state index contributed by atoms with van der Waals surface area (Å²) in [6.07, 6.45) is 3.82. The van der Waals surface area contributed by atoms with Gasteiger partial charge in [0, 0.05) is 38.1 Å².